The molecule has 1 saturated heterocycles. The van der Waals surface area contributed by atoms with Crippen LogP contribution >= 0.6 is 15.9 Å². The van der Waals surface area contributed by atoms with E-state index in [9.17, 15) is 4.79 Å². The molecule has 0 N–H and O–H groups in total. The first-order valence-electron chi connectivity index (χ1n) is 8.04. The summed E-state index contributed by atoms with van der Waals surface area (Å²) in [6, 6.07) is 1.10. The van der Waals surface area contributed by atoms with Crippen LogP contribution in [-0.2, 0) is 11.5 Å². The van der Waals surface area contributed by atoms with Crippen LogP contribution in [0.5, 0.6) is 0 Å². The Morgan fingerprint density at radius 2 is 1.91 bits per heavy atom. The molecule has 0 spiro atoms. The fourth-order valence-electron chi connectivity index (χ4n) is 2.35. The number of likely N-dealkylation sites (N-methyl/N-ethyl adjacent to an activating group) is 1. The normalized spacial score (nSPS) is 16.8. The van der Waals surface area contributed by atoms with Crippen LogP contribution in [-0.4, -0.2) is 62.4 Å². The molecule has 2 rings (SSSR count). The van der Waals surface area contributed by atoms with Crippen molar-refractivity contribution in [2.45, 2.75) is 32.4 Å². The van der Waals surface area contributed by atoms with Gasteiger partial charge in [-0.25, -0.2) is 4.98 Å². The van der Waals surface area contributed by atoms with Crippen molar-refractivity contribution in [2.75, 3.05) is 44.7 Å². The summed E-state index contributed by atoms with van der Waals surface area (Å²) in [6.07, 6.45) is 1.70. The zero-order valence-electron chi connectivity index (χ0n) is 14.5. The van der Waals surface area contributed by atoms with E-state index in [0.717, 1.165) is 32.2 Å². The Bertz CT molecular complexity index is 580. The van der Waals surface area contributed by atoms with Crippen molar-refractivity contribution in [3.8, 4) is 0 Å². The molecular weight excluding hydrogens is 376 g/mol. The summed E-state index contributed by atoms with van der Waals surface area (Å²) in [5.74, 6) is 0.515. The van der Waals surface area contributed by atoms with Gasteiger partial charge in [0.05, 0.1) is 0 Å². The summed E-state index contributed by atoms with van der Waals surface area (Å²) in [7, 11) is 0.983. The van der Waals surface area contributed by atoms with E-state index in [4.69, 9.17) is 4.74 Å². The van der Waals surface area contributed by atoms with Crippen molar-refractivity contribution in [1.29, 1.82) is 0 Å². The molecule has 0 amide bonds. The minimum atomic E-state index is -1.11. The largest absolute Gasteiger partial charge is 0.361 e. The maximum Gasteiger partial charge on any atom is 0.295 e. The second-order valence-electron chi connectivity index (χ2n) is 7.30. The van der Waals surface area contributed by atoms with E-state index in [-0.39, 0.29) is 12.3 Å². The van der Waals surface area contributed by atoms with Crippen molar-refractivity contribution >= 4 is 29.8 Å². The lowest BCUT2D eigenvalue weighted by molar-refractivity contribution is 0.0844. The van der Waals surface area contributed by atoms with Gasteiger partial charge in [-0.3, -0.25) is 9.36 Å². The Morgan fingerprint density at radius 1 is 1.26 bits per heavy atom. The third kappa shape index (κ3) is 5.70. The lowest BCUT2D eigenvalue weighted by Gasteiger charge is -2.32. The second kappa shape index (κ2) is 7.91. The zero-order chi connectivity index (χ0) is 17.0. The minimum Gasteiger partial charge on any atom is -0.361 e. The molecule has 0 bridgehead atoms. The predicted molar refractivity (Wildman–Crippen MR) is 100 cm³/mol. The van der Waals surface area contributed by atoms with Gasteiger partial charge in [-0.05, 0) is 29.0 Å². The van der Waals surface area contributed by atoms with E-state index >= 15 is 0 Å². The first kappa shape index (κ1) is 18.6. The molecule has 2 heterocycles. The highest BCUT2D eigenvalue weighted by atomic mass is 79.9. The summed E-state index contributed by atoms with van der Waals surface area (Å²) < 4.78 is 7.99. The van der Waals surface area contributed by atoms with Crippen LogP contribution in [0.1, 0.15) is 0 Å². The lowest BCUT2D eigenvalue weighted by atomic mass is 10.3. The molecular formula is C15H27BrN4O2Si. The SMILES string of the molecule is CN1CCN(c2nc(Br)cn(COCC[Si](C)(C)C)c2=O)CC1. The maximum atomic E-state index is 12.6. The molecule has 6 nitrogen and oxygen atoms in total. The third-order valence-corrected chi connectivity index (χ3v) is 6.04. The molecule has 1 aromatic heterocycles. The van der Waals surface area contributed by atoms with Crippen LogP contribution in [0.4, 0.5) is 5.82 Å². The number of rotatable bonds is 6. The fraction of sp³-hybridized carbons (Fsp3) is 0.733. The number of nitrogens with zero attached hydrogens (tertiary/aromatic N) is 4. The highest BCUT2D eigenvalue weighted by Crippen LogP contribution is 2.13. The van der Waals surface area contributed by atoms with E-state index in [1.54, 1.807) is 10.8 Å². The molecule has 0 radical (unpaired) electrons. The van der Waals surface area contributed by atoms with Crippen molar-refractivity contribution in [1.82, 2.24) is 14.5 Å². The zero-order valence-corrected chi connectivity index (χ0v) is 17.1. The molecule has 0 atom stereocenters. The van der Waals surface area contributed by atoms with Gasteiger partial charge in [0.15, 0.2) is 5.82 Å². The Kier molecular flexibility index (Phi) is 6.41. The van der Waals surface area contributed by atoms with Crippen LogP contribution in [0.15, 0.2) is 15.6 Å². The molecule has 8 heteroatoms. The number of hydrogen-bond donors (Lipinski definition) is 0. The quantitative estimate of drug-likeness (QED) is 0.538. The summed E-state index contributed by atoms with van der Waals surface area (Å²) in [6.45, 7) is 11.5. The van der Waals surface area contributed by atoms with Crippen molar-refractivity contribution in [3.63, 3.8) is 0 Å². The van der Waals surface area contributed by atoms with Gasteiger partial charge < -0.3 is 14.5 Å². The number of anilines is 1. The lowest BCUT2D eigenvalue weighted by Crippen LogP contribution is -2.47. The van der Waals surface area contributed by atoms with Gasteiger partial charge in [0, 0.05) is 47.1 Å². The smallest absolute Gasteiger partial charge is 0.295 e. The van der Waals surface area contributed by atoms with Crippen LogP contribution in [0, 0.1) is 0 Å². The number of aromatic nitrogens is 2. The number of halogens is 1. The molecule has 1 aromatic rings. The third-order valence-electron chi connectivity index (χ3n) is 3.96. The Labute approximate surface area is 147 Å². The molecule has 0 saturated carbocycles. The summed E-state index contributed by atoms with van der Waals surface area (Å²) in [5, 5.41) is 0. The van der Waals surface area contributed by atoms with Crippen molar-refractivity contribution in [3.05, 3.63) is 21.2 Å². The number of hydrogen-bond acceptors (Lipinski definition) is 5. The van der Waals surface area contributed by atoms with Gasteiger partial charge in [-0.15, -0.1) is 0 Å². The van der Waals surface area contributed by atoms with E-state index in [2.05, 4.69) is 57.4 Å². The molecule has 23 heavy (non-hydrogen) atoms. The predicted octanol–water partition coefficient (Wildman–Crippen LogP) is 2.07. The molecule has 0 aromatic carbocycles. The molecule has 1 aliphatic heterocycles. The van der Waals surface area contributed by atoms with Crippen LogP contribution < -0.4 is 10.5 Å². The first-order valence-corrected chi connectivity index (χ1v) is 12.5. The number of ether oxygens (including phenoxy) is 1. The van der Waals surface area contributed by atoms with E-state index < -0.39 is 8.07 Å². The molecule has 1 fully saturated rings. The van der Waals surface area contributed by atoms with Crippen LogP contribution in [0.3, 0.4) is 0 Å². The Hall–Kier alpha value is -0.703. The molecule has 130 valence electrons. The Morgan fingerprint density at radius 3 is 2.52 bits per heavy atom. The molecule has 1 aliphatic rings. The van der Waals surface area contributed by atoms with Gasteiger partial charge in [-0.1, -0.05) is 19.6 Å². The average Bonchev–Trinajstić information content (AvgIpc) is 2.46. The van der Waals surface area contributed by atoms with Crippen LogP contribution in [0.25, 0.3) is 0 Å². The monoisotopic (exact) mass is 402 g/mol. The molecule has 0 unspecified atom stereocenters. The van der Waals surface area contributed by atoms with Gasteiger partial charge in [0.25, 0.3) is 5.56 Å². The van der Waals surface area contributed by atoms with E-state index in [1.807, 2.05) is 0 Å². The van der Waals surface area contributed by atoms with Crippen molar-refractivity contribution < 1.29 is 4.74 Å². The van der Waals surface area contributed by atoms with E-state index in [0.29, 0.717) is 17.0 Å². The topological polar surface area (TPSA) is 50.6 Å². The second-order valence-corrected chi connectivity index (χ2v) is 13.7. The van der Waals surface area contributed by atoms with Crippen LogP contribution in [0.2, 0.25) is 25.7 Å². The highest BCUT2D eigenvalue weighted by molar-refractivity contribution is 9.10. The summed E-state index contributed by atoms with van der Waals surface area (Å²) in [5.41, 5.74) is -0.0780. The minimum absolute atomic E-state index is 0.0780. The fourth-order valence-corrected chi connectivity index (χ4v) is 3.53. The Balaban J connectivity index is 2.05. The standard InChI is InChI=1S/C15H27BrN4O2Si/c1-18-5-7-19(8-6-18)14-15(21)20(11-13(16)17-14)12-22-9-10-23(2,3)4/h11H,5-10,12H2,1-4H3. The number of piperazine rings is 1. The van der Waals surface area contributed by atoms with Gasteiger partial charge in [0.2, 0.25) is 0 Å². The average molecular weight is 403 g/mol. The van der Waals surface area contributed by atoms with Gasteiger partial charge >= 0.3 is 0 Å². The highest BCUT2D eigenvalue weighted by Gasteiger charge is 2.20. The first-order chi connectivity index (χ1) is 10.8. The maximum absolute atomic E-state index is 12.6. The summed E-state index contributed by atoms with van der Waals surface area (Å²) >= 11 is 3.41. The summed E-state index contributed by atoms with van der Waals surface area (Å²) in [4.78, 5) is 21.4. The van der Waals surface area contributed by atoms with Gasteiger partial charge in [0.1, 0.15) is 11.3 Å². The van der Waals surface area contributed by atoms with Crippen molar-refractivity contribution in [2.24, 2.45) is 0 Å². The van der Waals surface area contributed by atoms with E-state index in [1.165, 1.54) is 0 Å². The molecule has 0 aliphatic carbocycles. The van der Waals surface area contributed by atoms with Gasteiger partial charge in [-0.2, -0.15) is 0 Å².